The maximum absolute atomic E-state index is 12.1. The minimum Gasteiger partial charge on any atom is -0.480 e. The molecule has 0 saturated carbocycles. The van der Waals surface area contributed by atoms with Crippen LogP contribution in [0.1, 0.15) is 96.8 Å². The number of hydrogen-bond donors (Lipinski definition) is 2. The number of amides is 2. The largest absolute Gasteiger partial charge is 0.480 e. The van der Waals surface area contributed by atoms with Crippen molar-refractivity contribution in [2.75, 3.05) is 0 Å². The highest BCUT2D eigenvalue weighted by atomic mass is 32.2. The molecule has 0 radical (unpaired) electrons. The van der Waals surface area contributed by atoms with Crippen molar-refractivity contribution in [3.63, 3.8) is 0 Å². The van der Waals surface area contributed by atoms with Crippen LogP contribution < -0.4 is 0 Å². The highest BCUT2D eigenvalue weighted by Gasteiger charge is 2.49. The Morgan fingerprint density at radius 3 is 1.79 bits per heavy atom. The molecular weight excluding hydrogens is 398 g/mol. The van der Waals surface area contributed by atoms with Crippen LogP contribution in [0.15, 0.2) is 0 Å². The second kappa shape index (κ2) is 13.0. The number of hydrogen-bond acceptors (Lipinski definition) is 5. The molecule has 0 spiro atoms. The Morgan fingerprint density at radius 2 is 1.41 bits per heavy atom. The van der Waals surface area contributed by atoms with Crippen molar-refractivity contribution in [3.8, 4) is 0 Å². The smallest absolute Gasteiger partial charge is 0.326 e. The molecule has 0 aromatic carbocycles. The van der Waals surface area contributed by atoms with Gasteiger partial charge in [-0.25, -0.2) is 4.79 Å². The second-order valence-corrected chi connectivity index (χ2v) is 9.44. The number of carboxylic acids is 1. The molecule has 9 heteroatoms. The predicted octanol–water partition coefficient (Wildman–Crippen LogP) is 3.55. The van der Waals surface area contributed by atoms with E-state index in [-0.39, 0.29) is 6.42 Å². The Morgan fingerprint density at radius 1 is 0.966 bits per heavy atom. The first kappa shape index (κ1) is 25.6. The summed E-state index contributed by atoms with van der Waals surface area (Å²) < 4.78 is 31.5. The second-order valence-electron chi connectivity index (χ2n) is 7.84. The van der Waals surface area contributed by atoms with Gasteiger partial charge in [0.2, 0.25) is 5.91 Å². The Kier molecular flexibility index (Phi) is 11.4. The number of carbonyl (C=O) groups is 3. The Balaban J connectivity index is 2.28. The molecule has 0 aromatic rings. The molecule has 2 amide bonds. The van der Waals surface area contributed by atoms with E-state index < -0.39 is 45.6 Å². The molecule has 1 fully saturated rings. The van der Waals surface area contributed by atoms with Gasteiger partial charge in [-0.05, 0) is 6.42 Å². The minimum absolute atomic E-state index is 0.0858. The predicted molar refractivity (Wildman–Crippen MR) is 109 cm³/mol. The monoisotopic (exact) mass is 433 g/mol. The zero-order valence-electron chi connectivity index (χ0n) is 17.3. The molecule has 2 N–H and O–H groups in total. The molecule has 0 bridgehead atoms. The van der Waals surface area contributed by atoms with Gasteiger partial charge in [0.25, 0.3) is 16.0 Å². The van der Waals surface area contributed by atoms with Gasteiger partial charge in [0.05, 0.1) is 6.42 Å². The van der Waals surface area contributed by atoms with Gasteiger partial charge in [0.15, 0.2) is 5.25 Å². The van der Waals surface area contributed by atoms with Crippen molar-refractivity contribution in [2.45, 2.75) is 108 Å². The molecule has 1 rings (SSSR count). The third-order valence-corrected chi connectivity index (χ3v) is 6.52. The summed E-state index contributed by atoms with van der Waals surface area (Å²) >= 11 is 0. The van der Waals surface area contributed by atoms with Crippen LogP contribution >= 0.6 is 0 Å². The maximum atomic E-state index is 12.1. The van der Waals surface area contributed by atoms with Crippen molar-refractivity contribution in [3.05, 3.63) is 0 Å². The molecule has 1 heterocycles. The lowest BCUT2D eigenvalue weighted by Crippen LogP contribution is -2.46. The summed E-state index contributed by atoms with van der Waals surface area (Å²) in [5.41, 5.74) is 0. The van der Waals surface area contributed by atoms with Crippen LogP contribution in [-0.4, -0.2) is 52.1 Å². The summed E-state index contributed by atoms with van der Waals surface area (Å²) in [7, 11) is -4.73. The van der Waals surface area contributed by atoms with E-state index in [0.717, 1.165) is 25.7 Å². The summed E-state index contributed by atoms with van der Waals surface area (Å²) in [6.45, 7) is 2.20. The standard InChI is InChI=1S/C20H35NO7S/c1-2-3-4-5-6-7-8-9-10-11-12-13-14-16(20(24)25)21-18(22)15-17(19(21)23)29(26,27)28/h16-17H,2-15H2,1H3,(H,24,25)(H,26,27,28). The zero-order valence-corrected chi connectivity index (χ0v) is 18.2. The van der Waals surface area contributed by atoms with Crippen LogP contribution in [0, 0.1) is 0 Å². The van der Waals surface area contributed by atoms with Gasteiger partial charge >= 0.3 is 5.97 Å². The molecular formula is C20H35NO7S. The van der Waals surface area contributed by atoms with Crippen LogP contribution in [0.5, 0.6) is 0 Å². The third kappa shape index (κ3) is 8.82. The van der Waals surface area contributed by atoms with Gasteiger partial charge in [0, 0.05) is 0 Å². The van der Waals surface area contributed by atoms with Gasteiger partial charge < -0.3 is 5.11 Å². The van der Waals surface area contributed by atoms with Crippen molar-refractivity contribution in [1.82, 2.24) is 4.90 Å². The molecule has 168 valence electrons. The lowest BCUT2D eigenvalue weighted by Gasteiger charge is -2.22. The quantitative estimate of drug-likeness (QED) is 0.216. The fourth-order valence-corrected chi connectivity index (χ4v) is 4.45. The van der Waals surface area contributed by atoms with Crippen LogP contribution in [0.4, 0.5) is 0 Å². The van der Waals surface area contributed by atoms with Crippen molar-refractivity contribution >= 4 is 27.9 Å². The summed E-state index contributed by atoms with van der Waals surface area (Å²) in [6, 6.07) is -1.38. The van der Waals surface area contributed by atoms with Gasteiger partial charge in [-0.15, -0.1) is 0 Å². The highest BCUT2D eigenvalue weighted by Crippen LogP contribution is 2.24. The number of carboxylic acid groups (broad SMARTS) is 1. The van der Waals surface area contributed by atoms with Gasteiger partial charge in [0.1, 0.15) is 6.04 Å². The van der Waals surface area contributed by atoms with E-state index in [1.165, 1.54) is 44.9 Å². The summed E-state index contributed by atoms with van der Waals surface area (Å²) in [4.78, 5) is 36.1. The fourth-order valence-electron chi connectivity index (χ4n) is 3.72. The first-order valence-electron chi connectivity index (χ1n) is 10.7. The average Bonchev–Trinajstić information content (AvgIpc) is 2.94. The van der Waals surface area contributed by atoms with Gasteiger partial charge in [-0.2, -0.15) is 8.42 Å². The van der Waals surface area contributed by atoms with Crippen molar-refractivity contribution in [2.24, 2.45) is 0 Å². The van der Waals surface area contributed by atoms with E-state index in [1.54, 1.807) is 0 Å². The van der Waals surface area contributed by atoms with Crippen LogP contribution in [0.2, 0.25) is 0 Å². The Hall–Kier alpha value is -1.48. The molecule has 1 aliphatic heterocycles. The number of unbranched alkanes of at least 4 members (excludes halogenated alkanes) is 11. The summed E-state index contributed by atoms with van der Waals surface area (Å²) in [5.74, 6) is -3.36. The van der Waals surface area contributed by atoms with E-state index in [2.05, 4.69) is 6.92 Å². The number of aliphatic carboxylic acids is 1. The number of imide groups is 1. The molecule has 0 aromatic heterocycles. The fraction of sp³-hybridized carbons (Fsp3) is 0.850. The van der Waals surface area contributed by atoms with Gasteiger partial charge in [-0.1, -0.05) is 84.0 Å². The van der Waals surface area contributed by atoms with E-state index >= 15 is 0 Å². The number of carbonyl (C=O) groups excluding carboxylic acids is 2. The lowest BCUT2D eigenvalue weighted by molar-refractivity contribution is -0.154. The Labute approximate surface area is 173 Å². The first-order valence-corrected chi connectivity index (χ1v) is 12.3. The number of nitrogens with zero attached hydrogens (tertiary/aromatic N) is 1. The number of likely N-dealkylation sites (tertiary alicyclic amines) is 1. The van der Waals surface area contributed by atoms with Crippen LogP contribution in [-0.2, 0) is 24.5 Å². The first-order chi connectivity index (χ1) is 13.7. The minimum atomic E-state index is -4.73. The summed E-state index contributed by atoms with van der Waals surface area (Å²) in [5, 5.41) is 7.49. The lowest BCUT2D eigenvalue weighted by atomic mass is 10.0. The number of rotatable bonds is 16. The topological polar surface area (TPSA) is 129 Å². The van der Waals surface area contributed by atoms with Gasteiger partial charge in [-0.3, -0.25) is 19.0 Å². The maximum Gasteiger partial charge on any atom is 0.326 e. The molecule has 2 unspecified atom stereocenters. The molecule has 8 nitrogen and oxygen atoms in total. The molecule has 1 saturated heterocycles. The molecule has 2 atom stereocenters. The van der Waals surface area contributed by atoms with Crippen LogP contribution in [0.25, 0.3) is 0 Å². The average molecular weight is 434 g/mol. The SMILES string of the molecule is CCCCCCCCCCCCCCC(C(=O)O)N1C(=O)CC(S(=O)(=O)O)C1=O. The normalized spacial score (nSPS) is 18.4. The van der Waals surface area contributed by atoms with E-state index in [1.807, 2.05) is 0 Å². The summed E-state index contributed by atoms with van der Waals surface area (Å²) in [6.07, 6.45) is 12.8. The third-order valence-electron chi connectivity index (χ3n) is 5.43. The van der Waals surface area contributed by atoms with Crippen molar-refractivity contribution < 1.29 is 32.5 Å². The van der Waals surface area contributed by atoms with Crippen LogP contribution in [0.3, 0.4) is 0 Å². The van der Waals surface area contributed by atoms with Crippen molar-refractivity contribution in [1.29, 1.82) is 0 Å². The molecule has 0 aliphatic carbocycles. The molecule has 29 heavy (non-hydrogen) atoms. The zero-order chi connectivity index (χ0) is 21.9. The van der Waals surface area contributed by atoms with E-state index in [9.17, 15) is 27.9 Å². The van der Waals surface area contributed by atoms with E-state index in [0.29, 0.717) is 11.3 Å². The van der Waals surface area contributed by atoms with E-state index in [4.69, 9.17) is 4.55 Å². The molecule has 1 aliphatic rings. The highest BCUT2D eigenvalue weighted by molar-refractivity contribution is 7.87. The Bertz CT molecular complexity index is 647.